The van der Waals surface area contributed by atoms with Gasteiger partial charge in [0.2, 0.25) is 10.0 Å². The smallest absolute Gasteiger partial charge is 0.241 e. The predicted octanol–water partition coefficient (Wildman–Crippen LogP) is 2.28. The number of sulfonamides is 1. The number of aryl methyl sites for hydroxylation is 1. The standard InChI is InChI=1S/C14H21NO3S/c1-10(2)9-14(12(4)16)15-19(17,18)13-7-5-11(3)6-8-13/h5-8,10,14-15H,9H2,1-4H3/t14-/m0/s1. The zero-order valence-electron chi connectivity index (χ0n) is 11.8. The van der Waals surface area contributed by atoms with Crippen LogP contribution >= 0.6 is 0 Å². The van der Waals surface area contributed by atoms with Crippen LogP contribution in [0.1, 0.15) is 32.8 Å². The Hall–Kier alpha value is -1.20. The Morgan fingerprint density at radius 3 is 2.16 bits per heavy atom. The molecule has 0 aliphatic heterocycles. The molecule has 5 heteroatoms. The van der Waals surface area contributed by atoms with Crippen LogP contribution in [0.3, 0.4) is 0 Å². The van der Waals surface area contributed by atoms with Crippen molar-refractivity contribution >= 4 is 15.8 Å². The molecule has 0 heterocycles. The zero-order chi connectivity index (χ0) is 14.6. The lowest BCUT2D eigenvalue weighted by Crippen LogP contribution is -2.40. The van der Waals surface area contributed by atoms with Gasteiger partial charge in [-0.05, 0) is 38.3 Å². The second-order valence-electron chi connectivity index (χ2n) is 5.23. The molecule has 0 unspecified atom stereocenters. The fraction of sp³-hybridized carbons (Fsp3) is 0.500. The van der Waals surface area contributed by atoms with Crippen molar-refractivity contribution in [3.8, 4) is 0 Å². The lowest BCUT2D eigenvalue weighted by molar-refractivity contribution is -0.118. The molecule has 0 fully saturated rings. The van der Waals surface area contributed by atoms with E-state index in [1.165, 1.54) is 6.92 Å². The highest BCUT2D eigenvalue weighted by Crippen LogP contribution is 2.13. The third kappa shape index (κ3) is 4.76. The third-order valence-electron chi connectivity index (χ3n) is 2.83. The number of rotatable bonds is 6. The summed E-state index contributed by atoms with van der Waals surface area (Å²) in [5, 5.41) is 0. The highest BCUT2D eigenvalue weighted by Gasteiger charge is 2.23. The molecule has 0 amide bonds. The van der Waals surface area contributed by atoms with Crippen molar-refractivity contribution in [1.82, 2.24) is 4.72 Å². The Labute approximate surface area is 115 Å². The Morgan fingerprint density at radius 1 is 1.21 bits per heavy atom. The lowest BCUT2D eigenvalue weighted by Gasteiger charge is -2.18. The van der Waals surface area contributed by atoms with Crippen molar-refractivity contribution in [3.05, 3.63) is 29.8 Å². The Kier molecular flexibility index (Phi) is 5.26. The van der Waals surface area contributed by atoms with Crippen LogP contribution in [0.4, 0.5) is 0 Å². The zero-order valence-corrected chi connectivity index (χ0v) is 12.6. The van der Waals surface area contributed by atoms with E-state index in [0.717, 1.165) is 5.56 Å². The number of nitrogens with one attached hydrogen (secondary N) is 1. The predicted molar refractivity (Wildman–Crippen MR) is 75.4 cm³/mol. The second kappa shape index (κ2) is 6.30. The van der Waals surface area contributed by atoms with Crippen LogP contribution in [0.15, 0.2) is 29.2 Å². The summed E-state index contributed by atoms with van der Waals surface area (Å²) in [6, 6.07) is 5.90. The molecule has 0 saturated heterocycles. The molecule has 0 saturated carbocycles. The van der Waals surface area contributed by atoms with Crippen molar-refractivity contribution in [2.45, 2.75) is 45.1 Å². The first-order valence-corrected chi connectivity index (χ1v) is 7.80. The van der Waals surface area contributed by atoms with E-state index in [2.05, 4.69) is 4.72 Å². The van der Waals surface area contributed by atoms with E-state index in [-0.39, 0.29) is 16.6 Å². The topological polar surface area (TPSA) is 63.2 Å². The summed E-state index contributed by atoms with van der Waals surface area (Å²) >= 11 is 0. The van der Waals surface area contributed by atoms with E-state index < -0.39 is 16.1 Å². The quantitative estimate of drug-likeness (QED) is 0.871. The number of Topliss-reactive ketones (excluding diaryl/α,β-unsaturated/α-hetero) is 1. The van der Waals surface area contributed by atoms with Crippen LogP contribution in [0.25, 0.3) is 0 Å². The van der Waals surface area contributed by atoms with Gasteiger partial charge in [0.1, 0.15) is 5.78 Å². The minimum Gasteiger partial charge on any atom is -0.298 e. The van der Waals surface area contributed by atoms with E-state index in [9.17, 15) is 13.2 Å². The van der Waals surface area contributed by atoms with Crippen molar-refractivity contribution in [3.63, 3.8) is 0 Å². The number of hydrogen-bond acceptors (Lipinski definition) is 3. The molecule has 1 aromatic carbocycles. The Bertz CT molecular complexity index is 532. The molecule has 4 nitrogen and oxygen atoms in total. The van der Waals surface area contributed by atoms with Gasteiger partial charge in [0.05, 0.1) is 10.9 Å². The summed E-state index contributed by atoms with van der Waals surface area (Å²) < 4.78 is 26.8. The van der Waals surface area contributed by atoms with E-state index >= 15 is 0 Å². The number of ketones is 1. The molecule has 0 bridgehead atoms. The fourth-order valence-corrected chi connectivity index (χ4v) is 3.01. The van der Waals surface area contributed by atoms with Crippen LogP contribution in [0.2, 0.25) is 0 Å². The highest BCUT2D eigenvalue weighted by molar-refractivity contribution is 7.89. The number of carbonyl (C=O) groups excluding carboxylic acids is 1. The first-order chi connectivity index (χ1) is 8.72. The molecule has 19 heavy (non-hydrogen) atoms. The van der Waals surface area contributed by atoms with Gasteiger partial charge in [-0.25, -0.2) is 13.1 Å². The monoisotopic (exact) mass is 283 g/mol. The molecule has 1 atom stereocenters. The van der Waals surface area contributed by atoms with Crippen LogP contribution in [-0.2, 0) is 14.8 Å². The second-order valence-corrected chi connectivity index (χ2v) is 6.94. The largest absolute Gasteiger partial charge is 0.298 e. The van der Waals surface area contributed by atoms with Crippen LogP contribution in [0.5, 0.6) is 0 Å². The normalized spacial score (nSPS) is 13.5. The Balaban J connectivity index is 2.94. The molecule has 1 aromatic rings. The molecule has 106 valence electrons. The highest BCUT2D eigenvalue weighted by atomic mass is 32.2. The van der Waals surface area contributed by atoms with Gasteiger partial charge in [-0.3, -0.25) is 4.79 Å². The van der Waals surface area contributed by atoms with Crippen molar-refractivity contribution < 1.29 is 13.2 Å². The van der Waals surface area contributed by atoms with E-state index in [0.29, 0.717) is 6.42 Å². The maximum Gasteiger partial charge on any atom is 0.241 e. The third-order valence-corrected chi connectivity index (χ3v) is 4.31. The van der Waals surface area contributed by atoms with E-state index in [4.69, 9.17) is 0 Å². The van der Waals surface area contributed by atoms with Gasteiger partial charge in [-0.2, -0.15) is 0 Å². The van der Waals surface area contributed by atoms with Gasteiger partial charge >= 0.3 is 0 Å². The summed E-state index contributed by atoms with van der Waals surface area (Å²) in [4.78, 5) is 11.7. The van der Waals surface area contributed by atoms with Gasteiger partial charge < -0.3 is 0 Å². The molecular formula is C14H21NO3S. The minimum atomic E-state index is -3.64. The number of hydrogen-bond donors (Lipinski definition) is 1. The first kappa shape index (κ1) is 15.9. The maximum absolute atomic E-state index is 12.2. The summed E-state index contributed by atoms with van der Waals surface area (Å²) in [5.74, 6) is 0.0824. The molecule has 0 aliphatic rings. The van der Waals surface area contributed by atoms with Crippen LogP contribution in [0, 0.1) is 12.8 Å². The van der Waals surface area contributed by atoms with Crippen LogP contribution < -0.4 is 4.72 Å². The lowest BCUT2D eigenvalue weighted by atomic mass is 10.0. The molecule has 0 aromatic heterocycles. The molecule has 1 rings (SSSR count). The van der Waals surface area contributed by atoms with Crippen LogP contribution in [-0.4, -0.2) is 20.2 Å². The number of benzene rings is 1. The minimum absolute atomic E-state index is 0.163. The average Bonchev–Trinajstić information content (AvgIpc) is 2.27. The molecule has 0 spiro atoms. The molecule has 0 radical (unpaired) electrons. The molecule has 1 N–H and O–H groups in total. The average molecular weight is 283 g/mol. The number of carbonyl (C=O) groups is 1. The first-order valence-electron chi connectivity index (χ1n) is 6.32. The van der Waals surface area contributed by atoms with Crippen molar-refractivity contribution in [2.24, 2.45) is 5.92 Å². The van der Waals surface area contributed by atoms with E-state index in [1.54, 1.807) is 24.3 Å². The van der Waals surface area contributed by atoms with Gasteiger partial charge in [-0.15, -0.1) is 0 Å². The van der Waals surface area contributed by atoms with Gasteiger partial charge in [0, 0.05) is 0 Å². The molecular weight excluding hydrogens is 262 g/mol. The van der Waals surface area contributed by atoms with Crippen molar-refractivity contribution in [2.75, 3.05) is 0 Å². The molecule has 0 aliphatic carbocycles. The maximum atomic E-state index is 12.2. The SMILES string of the molecule is CC(=O)[C@H](CC(C)C)NS(=O)(=O)c1ccc(C)cc1. The van der Waals surface area contributed by atoms with Gasteiger partial charge in [0.25, 0.3) is 0 Å². The summed E-state index contributed by atoms with van der Waals surface area (Å²) in [5.41, 5.74) is 0.990. The summed E-state index contributed by atoms with van der Waals surface area (Å²) in [6.45, 7) is 7.21. The van der Waals surface area contributed by atoms with Crippen molar-refractivity contribution in [1.29, 1.82) is 0 Å². The Morgan fingerprint density at radius 2 is 1.74 bits per heavy atom. The van der Waals surface area contributed by atoms with Gasteiger partial charge in [-0.1, -0.05) is 31.5 Å². The van der Waals surface area contributed by atoms with E-state index in [1.807, 2.05) is 20.8 Å². The summed E-state index contributed by atoms with van der Waals surface area (Å²) in [6.07, 6.45) is 0.500. The van der Waals surface area contributed by atoms with Gasteiger partial charge in [0.15, 0.2) is 0 Å². The fourth-order valence-electron chi connectivity index (χ4n) is 1.74. The summed E-state index contributed by atoms with van der Waals surface area (Å²) in [7, 11) is -3.64.